The molecule has 0 heterocycles. The van der Waals surface area contributed by atoms with Crippen molar-refractivity contribution in [3.8, 4) is 0 Å². The average molecular weight is 387 g/mol. The number of hydrogen-bond acceptors (Lipinski definition) is 2. The van der Waals surface area contributed by atoms with Crippen molar-refractivity contribution in [2.24, 2.45) is 0 Å². The maximum absolute atomic E-state index is 12.7. The van der Waals surface area contributed by atoms with Crippen LogP contribution < -0.4 is 0 Å². The van der Waals surface area contributed by atoms with Crippen molar-refractivity contribution in [1.82, 2.24) is 4.31 Å². The summed E-state index contributed by atoms with van der Waals surface area (Å²) in [5.41, 5.74) is 0. The molecule has 0 bridgehead atoms. The summed E-state index contributed by atoms with van der Waals surface area (Å²) in [6.07, 6.45) is 2.89. The number of rotatable bonds is 5. The number of alkyl halides is 1. The van der Waals surface area contributed by atoms with Crippen LogP contribution in [0.3, 0.4) is 0 Å². The molecular formula is C12H14BrCl2NO2S. The van der Waals surface area contributed by atoms with Crippen molar-refractivity contribution >= 4 is 49.2 Å². The Balaban J connectivity index is 2.40. The van der Waals surface area contributed by atoms with Gasteiger partial charge in [0.2, 0.25) is 10.0 Å². The molecule has 0 aliphatic heterocycles. The SMILES string of the molecule is O=S(=O)(c1cc(Cl)ccc1Cl)N(CCBr)C1CCC1. The Kier molecular flexibility index (Phi) is 5.17. The zero-order chi connectivity index (χ0) is 14.0. The van der Waals surface area contributed by atoms with Crippen LogP contribution in [-0.2, 0) is 10.0 Å². The van der Waals surface area contributed by atoms with Crippen molar-refractivity contribution in [2.75, 3.05) is 11.9 Å². The third kappa shape index (κ3) is 3.27. The van der Waals surface area contributed by atoms with E-state index < -0.39 is 10.0 Å². The zero-order valence-corrected chi connectivity index (χ0v) is 14.1. The van der Waals surface area contributed by atoms with Gasteiger partial charge in [0.15, 0.2) is 0 Å². The standard InChI is InChI=1S/C12H14BrCl2NO2S/c13-6-7-16(10-2-1-3-10)19(17,18)12-8-9(14)4-5-11(12)15/h4-5,8,10H,1-3,6-7H2. The smallest absolute Gasteiger partial charge is 0.207 e. The maximum atomic E-state index is 12.7. The van der Waals surface area contributed by atoms with Gasteiger partial charge in [-0.15, -0.1) is 0 Å². The molecule has 0 amide bonds. The average Bonchev–Trinajstić information content (AvgIpc) is 2.29. The highest BCUT2D eigenvalue weighted by molar-refractivity contribution is 9.09. The van der Waals surface area contributed by atoms with Gasteiger partial charge in [-0.2, -0.15) is 4.31 Å². The Morgan fingerprint density at radius 1 is 1.32 bits per heavy atom. The van der Waals surface area contributed by atoms with Crippen LogP contribution in [0.15, 0.2) is 23.1 Å². The Bertz CT molecular complexity index is 561. The first-order valence-electron chi connectivity index (χ1n) is 5.99. The highest BCUT2D eigenvalue weighted by Gasteiger charge is 2.35. The number of hydrogen-bond donors (Lipinski definition) is 0. The van der Waals surface area contributed by atoms with E-state index >= 15 is 0 Å². The summed E-state index contributed by atoms with van der Waals surface area (Å²) < 4.78 is 26.9. The Morgan fingerprint density at radius 3 is 2.53 bits per heavy atom. The lowest BCUT2D eigenvalue weighted by molar-refractivity contribution is 0.228. The van der Waals surface area contributed by atoms with E-state index in [9.17, 15) is 8.42 Å². The van der Waals surface area contributed by atoms with Crippen LogP contribution in [0.4, 0.5) is 0 Å². The first kappa shape index (κ1) is 15.6. The Labute approximate surface area is 132 Å². The van der Waals surface area contributed by atoms with Gasteiger partial charge < -0.3 is 0 Å². The molecule has 1 aromatic rings. The van der Waals surface area contributed by atoms with Gasteiger partial charge in [0.05, 0.1) is 5.02 Å². The molecule has 19 heavy (non-hydrogen) atoms. The second kappa shape index (κ2) is 6.31. The second-order valence-electron chi connectivity index (χ2n) is 4.46. The molecule has 1 saturated carbocycles. The molecular weight excluding hydrogens is 373 g/mol. The fourth-order valence-corrected chi connectivity index (χ4v) is 5.10. The van der Waals surface area contributed by atoms with E-state index in [1.807, 2.05) is 0 Å². The molecule has 0 unspecified atom stereocenters. The minimum atomic E-state index is -3.59. The molecule has 1 aromatic carbocycles. The topological polar surface area (TPSA) is 37.4 Å². The molecule has 106 valence electrons. The lowest BCUT2D eigenvalue weighted by atomic mass is 9.93. The molecule has 0 radical (unpaired) electrons. The van der Waals surface area contributed by atoms with E-state index in [-0.39, 0.29) is 16.0 Å². The van der Waals surface area contributed by atoms with Crippen LogP contribution in [0.1, 0.15) is 19.3 Å². The molecule has 2 rings (SSSR count). The van der Waals surface area contributed by atoms with Crippen molar-refractivity contribution < 1.29 is 8.42 Å². The normalized spacial score (nSPS) is 16.6. The molecule has 3 nitrogen and oxygen atoms in total. The van der Waals surface area contributed by atoms with Crippen molar-refractivity contribution in [2.45, 2.75) is 30.2 Å². The van der Waals surface area contributed by atoms with Crippen LogP contribution in [0.5, 0.6) is 0 Å². The van der Waals surface area contributed by atoms with Crippen molar-refractivity contribution in [1.29, 1.82) is 0 Å². The minimum Gasteiger partial charge on any atom is -0.207 e. The second-order valence-corrected chi connectivity index (χ2v) is 7.96. The maximum Gasteiger partial charge on any atom is 0.244 e. The zero-order valence-electron chi connectivity index (χ0n) is 10.2. The van der Waals surface area contributed by atoms with Gasteiger partial charge in [-0.3, -0.25) is 0 Å². The number of benzene rings is 1. The fraction of sp³-hybridized carbons (Fsp3) is 0.500. The molecule has 0 saturated heterocycles. The predicted octanol–water partition coefficient (Wildman–Crippen LogP) is 3.93. The van der Waals surface area contributed by atoms with Gasteiger partial charge in [0.1, 0.15) is 4.90 Å². The van der Waals surface area contributed by atoms with E-state index in [2.05, 4.69) is 15.9 Å². The van der Waals surface area contributed by atoms with Crippen LogP contribution in [0.2, 0.25) is 10.0 Å². The van der Waals surface area contributed by atoms with Gasteiger partial charge in [-0.05, 0) is 31.0 Å². The number of sulfonamides is 1. The molecule has 1 fully saturated rings. The number of nitrogens with zero attached hydrogens (tertiary/aromatic N) is 1. The van der Waals surface area contributed by atoms with E-state index in [0.717, 1.165) is 19.3 Å². The summed E-state index contributed by atoms with van der Waals surface area (Å²) in [5, 5.41) is 1.18. The molecule has 0 atom stereocenters. The molecule has 0 N–H and O–H groups in total. The van der Waals surface area contributed by atoms with Crippen LogP contribution in [-0.4, -0.2) is 30.6 Å². The van der Waals surface area contributed by atoms with E-state index in [1.165, 1.54) is 16.4 Å². The fourth-order valence-electron chi connectivity index (χ4n) is 2.06. The van der Waals surface area contributed by atoms with Crippen LogP contribution in [0.25, 0.3) is 0 Å². The Morgan fingerprint density at radius 2 is 2.00 bits per heavy atom. The van der Waals surface area contributed by atoms with E-state index in [0.29, 0.717) is 16.9 Å². The van der Waals surface area contributed by atoms with Crippen LogP contribution >= 0.6 is 39.1 Å². The monoisotopic (exact) mass is 385 g/mol. The van der Waals surface area contributed by atoms with Crippen LogP contribution in [0, 0.1) is 0 Å². The first-order chi connectivity index (χ1) is 8.96. The molecule has 1 aliphatic rings. The summed E-state index contributed by atoms with van der Waals surface area (Å²) >= 11 is 15.2. The quantitative estimate of drug-likeness (QED) is 0.719. The van der Waals surface area contributed by atoms with Gasteiger partial charge in [0, 0.05) is 22.9 Å². The lowest BCUT2D eigenvalue weighted by Gasteiger charge is -2.36. The van der Waals surface area contributed by atoms with E-state index in [4.69, 9.17) is 23.2 Å². The molecule has 0 spiro atoms. The molecule has 7 heteroatoms. The third-order valence-corrected chi connectivity index (χ3v) is 6.29. The van der Waals surface area contributed by atoms with Gasteiger partial charge in [-0.25, -0.2) is 8.42 Å². The Hall–Kier alpha value is 0.190. The van der Waals surface area contributed by atoms with Crippen molar-refractivity contribution in [3.05, 3.63) is 28.2 Å². The summed E-state index contributed by atoms with van der Waals surface area (Å²) in [6.45, 7) is 0.440. The third-order valence-electron chi connectivity index (χ3n) is 3.27. The van der Waals surface area contributed by atoms with Crippen molar-refractivity contribution in [3.63, 3.8) is 0 Å². The summed E-state index contributed by atoms with van der Waals surface area (Å²) in [6, 6.07) is 4.60. The summed E-state index contributed by atoms with van der Waals surface area (Å²) in [7, 11) is -3.59. The van der Waals surface area contributed by atoms with Gasteiger partial charge >= 0.3 is 0 Å². The lowest BCUT2D eigenvalue weighted by Crippen LogP contribution is -2.45. The largest absolute Gasteiger partial charge is 0.244 e. The predicted molar refractivity (Wildman–Crippen MR) is 81.8 cm³/mol. The van der Waals surface area contributed by atoms with Gasteiger partial charge in [0.25, 0.3) is 0 Å². The molecule has 0 aromatic heterocycles. The first-order valence-corrected chi connectivity index (χ1v) is 9.31. The highest BCUT2D eigenvalue weighted by Crippen LogP contribution is 2.33. The molecule has 1 aliphatic carbocycles. The minimum absolute atomic E-state index is 0.0811. The summed E-state index contributed by atoms with van der Waals surface area (Å²) in [5.74, 6) is 0. The summed E-state index contributed by atoms with van der Waals surface area (Å²) in [4.78, 5) is 0.0921. The van der Waals surface area contributed by atoms with Gasteiger partial charge in [-0.1, -0.05) is 45.6 Å². The number of halogens is 3. The highest BCUT2D eigenvalue weighted by atomic mass is 79.9. The van der Waals surface area contributed by atoms with E-state index in [1.54, 1.807) is 6.07 Å².